The van der Waals surface area contributed by atoms with Crippen molar-refractivity contribution < 1.29 is 22.8 Å². The van der Waals surface area contributed by atoms with Crippen molar-refractivity contribution in [2.45, 2.75) is 49.7 Å². The summed E-state index contributed by atoms with van der Waals surface area (Å²) >= 11 is 0. The molecule has 3 nitrogen and oxygen atoms in total. The van der Waals surface area contributed by atoms with Gasteiger partial charge in [0.2, 0.25) is 0 Å². The Bertz CT molecular complexity index is 546. The summed E-state index contributed by atoms with van der Waals surface area (Å²) in [6, 6.07) is 2.10. The Kier molecular flexibility index (Phi) is 4.13. The third kappa shape index (κ3) is 3.26. The van der Waals surface area contributed by atoms with Crippen LogP contribution in [0.2, 0.25) is 0 Å². The summed E-state index contributed by atoms with van der Waals surface area (Å²) in [4.78, 5) is 0. The number of piperidine rings is 1. The van der Waals surface area contributed by atoms with Gasteiger partial charge in [0.25, 0.3) is 5.92 Å². The van der Waals surface area contributed by atoms with Crippen molar-refractivity contribution in [1.29, 1.82) is 0 Å². The second kappa shape index (κ2) is 5.79. The van der Waals surface area contributed by atoms with Crippen LogP contribution < -0.4 is 5.32 Å². The maximum absolute atomic E-state index is 13.9. The number of nitrogens with zero attached hydrogens (tertiary/aromatic N) is 1. The fourth-order valence-corrected chi connectivity index (χ4v) is 3.27. The van der Waals surface area contributed by atoms with Gasteiger partial charge in [0, 0.05) is 37.0 Å². The lowest BCUT2D eigenvalue weighted by Gasteiger charge is -2.42. The predicted octanol–water partition coefficient (Wildman–Crippen LogP) is 3.25. The second-order valence-corrected chi connectivity index (χ2v) is 6.19. The van der Waals surface area contributed by atoms with Crippen molar-refractivity contribution in [2.75, 3.05) is 6.54 Å². The third-order valence-electron chi connectivity index (χ3n) is 4.45. The number of hydroxylamine groups is 2. The molecule has 1 saturated carbocycles. The largest absolute Gasteiger partial charge is 0.313 e. The molecule has 2 atom stereocenters. The zero-order valence-corrected chi connectivity index (χ0v) is 11.9. The first-order chi connectivity index (χ1) is 10.3. The van der Waals surface area contributed by atoms with Gasteiger partial charge in [-0.3, -0.25) is 0 Å². The van der Waals surface area contributed by atoms with Gasteiger partial charge in [0.05, 0.1) is 6.04 Å². The van der Waals surface area contributed by atoms with Gasteiger partial charge in [0.15, 0.2) is 0 Å². The highest BCUT2D eigenvalue weighted by Crippen LogP contribution is 2.39. The van der Waals surface area contributed by atoms with Crippen molar-refractivity contribution in [2.24, 2.45) is 0 Å². The van der Waals surface area contributed by atoms with E-state index in [1.807, 2.05) is 0 Å². The Morgan fingerprint density at radius 2 is 1.91 bits per heavy atom. The summed E-state index contributed by atoms with van der Waals surface area (Å²) in [5.74, 6) is -3.75. The monoisotopic (exact) mass is 318 g/mol. The molecule has 1 saturated heterocycles. The number of alkyl halides is 2. The number of hydrogen-bond acceptors (Lipinski definition) is 3. The second-order valence-electron chi connectivity index (χ2n) is 6.19. The maximum atomic E-state index is 13.9. The highest BCUT2D eigenvalue weighted by Gasteiger charge is 2.46. The van der Waals surface area contributed by atoms with Crippen LogP contribution in [0, 0.1) is 11.6 Å². The minimum absolute atomic E-state index is 0.0907. The first kappa shape index (κ1) is 15.7. The lowest BCUT2D eigenvalue weighted by Crippen LogP contribution is -2.54. The number of hydrogen-bond donors (Lipinski definition) is 2. The summed E-state index contributed by atoms with van der Waals surface area (Å²) in [6.45, 7) is 0.279. The van der Waals surface area contributed by atoms with E-state index in [4.69, 9.17) is 0 Å². The summed E-state index contributed by atoms with van der Waals surface area (Å²) in [5.41, 5.74) is 0.0907. The molecule has 0 aromatic heterocycles. The summed E-state index contributed by atoms with van der Waals surface area (Å²) in [6.07, 6.45) is 0.543. The van der Waals surface area contributed by atoms with E-state index >= 15 is 0 Å². The highest BCUT2D eigenvalue weighted by molar-refractivity contribution is 5.23. The molecule has 1 aromatic carbocycles. The van der Waals surface area contributed by atoms with E-state index in [1.54, 1.807) is 0 Å². The number of nitrogens with one attached hydrogen (secondary N) is 1. The fourth-order valence-electron chi connectivity index (χ4n) is 3.27. The fraction of sp³-hybridized carbons (Fsp3) is 0.600. The number of halogens is 4. The van der Waals surface area contributed by atoms with Crippen molar-refractivity contribution in [1.82, 2.24) is 10.4 Å². The van der Waals surface area contributed by atoms with Gasteiger partial charge < -0.3 is 10.5 Å². The van der Waals surface area contributed by atoms with Crippen molar-refractivity contribution in [3.05, 3.63) is 35.4 Å². The minimum atomic E-state index is -2.59. The van der Waals surface area contributed by atoms with E-state index < -0.39 is 23.6 Å². The van der Waals surface area contributed by atoms with Crippen LogP contribution in [0.4, 0.5) is 17.6 Å². The Labute approximate surface area is 125 Å². The summed E-state index contributed by atoms with van der Waals surface area (Å²) in [5, 5.41) is 14.1. The van der Waals surface area contributed by atoms with Crippen LogP contribution in [0.1, 0.15) is 37.3 Å². The molecule has 0 radical (unpaired) electrons. The van der Waals surface area contributed by atoms with Gasteiger partial charge in [-0.2, -0.15) is 5.06 Å². The third-order valence-corrected chi connectivity index (χ3v) is 4.45. The van der Waals surface area contributed by atoms with Crippen LogP contribution in [0.15, 0.2) is 18.2 Å². The van der Waals surface area contributed by atoms with E-state index in [0.717, 1.165) is 23.3 Å². The molecular formula is C15H18F4N2O. The van der Waals surface area contributed by atoms with Crippen LogP contribution in [0.25, 0.3) is 0 Å². The van der Waals surface area contributed by atoms with E-state index in [0.29, 0.717) is 12.8 Å². The van der Waals surface area contributed by atoms with Crippen LogP contribution in [0.5, 0.6) is 0 Å². The molecule has 0 spiro atoms. The quantitative estimate of drug-likeness (QED) is 0.840. The average Bonchev–Trinajstić information content (AvgIpc) is 2.42. The van der Waals surface area contributed by atoms with Crippen LogP contribution >= 0.6 is 0 Å². The van der Waals surface area contributed by atoms with Gasteiger partial charge >= 0.3 is 0 Å². The molecule has 2 unspecified atom stereocenters. The summed E-state index contributed by atoms with van der Waals surface area (Å²) in [7, 11) is 0. The highest BCUT2D eigenvalue weighted by atomic mass is 19.3. The molecule has 1 aromatic rings. The number of rotatable bonds is 3. The first-order valence-electron chi connectivity index (χ1n) is 7.38. The van der Waals surface area contributed by atoms with Crippen molar-refractivity contribution in [3.8, 4) is 0 Å². The molecule has 1 heterocycles. The molecule has 0 amide bonds. The lowest BCUT2D eigenvalue weighted by molar-refractivity contribution is -0.153. The van der Waals surface area contributed by atoms with Crippen LogP contribution in [0.3, 0.4) is 0 Å². The summed E-state index contributed by atoms with van der Waals surface area (Å²) < 4.78 is 52.9. The standard InChI is InChI=1S/C15H18F4N2O/c16-9-1-2-13(17)12(5-9)14-6-10(3-4-21(14)22)20-11-7-15(18,19)8-11/h1-2,5,10-11,14,20,22H,3-4,6-8H2. The van der Waals surface area contributed by atoms with E-state index in [1.165, 1.54) is 0 Å². The molecule has 2 fully saturated rings. The molecule has 7 heteroatoms. The smallest absolute Gasteiger partial charge is 0.251 e. The Hall–Kier alpha value is -1.18. The molecule has 3 rings (SSSR count). The lowest BCUT2D eigenvalue weighted by atomic mass is 9.85. The van der Waals surface area contributed by atoms with Gasteiger partial charge in [-0.05, 0) is 31.0 Å². The number of benzene rings is 1. The zero-order valence-electron chi connectivity index (χ0n) is 11.9. The molecule has 2 aliphatic rings. The average molecular weight is 318 g/mol. The van der Waals surface area contributed by atoms with E-state index in [9.17, 15) is 22.8 Å². The van der Waals surface area contributed by atoms with Gasteiger partial charge in [-0.25, -0.2) is 17.6 Å². The first-order valence-corrected chi connectivity index (χ1v) is 7.38. The minimum Gasteiger partial charge on any atom is -0.313 e. The van der Waals surface area contributed by atoms with Gasteiger partial charge in [-0.1, -0.05) is 0 Å². The topological polar surface area (TPSA) is 35.5 Å². The van der Waals surface area contributed by atoms with E-state index in [2.05, 4.69) is 5.32 Å². The molecule has 22 heavy (non-hydrogen) atoms. The zero-order chi connectivity index (χ0) is 15.9. The Morgan fingerprint density at radius 1 is 1.18 bits per heavy atom. The Balaban J connectivity index is 1.67. The normalized spacial score (nSPS) is 29.3. The van der Waals surface area contributed by atoms with Crippen LogP contribution in [-0.2, 0) is 0 Å². The van der Waals surface area contributed by atoms with Crippen molar-refractivity contribution in [3.63, 3.8) is 0 Å². The maximum Gasteiger partial charge on any atom is 0.251 e. The SMILES string of the molecule is ON1CCC(NC2CC(F)(F)C2)CC1c1cc(F)ccc1F. The molecular weight excluding hydrogens is 300 g/mol. The van der Waals surface area contributed by atoms with Gasteiger partial charge in [-0.15, -0.1) is 0 Å². The molecule has 1 aliphatic heterocycles. The van der Waals surface area contributed by atoms with Crippen molar-refractivity contribution >= 4 is 0 Å². The molecule has 0 bridgehead atoms. The Morgan fingerprint density at radius 3 is 2.59 bits per heavy atom. The van der Waals surface area contributed by atoms with Gasteiger partial charge in [0.1, 0.15) is 11.6 Å². The molecule has 1 aliphatic carbocycles. The predicted molar refractivity (Wildman–Crippen MR) is 71.7 cm³/mol. The van der Waals surface area contributed by atoms with Crippen LogP contribution in [-0.4, -0.2) is 34.8 Å². The molecule has 2 N–H and O–H groups in total. The van der Waals surface area contributed by atoms with E-state index in [-0.39, 0.29) is 37.0 Å². The molecule has 122 valence electrons.